The Morgan fingerprint density at radius 3 is 2.37 bits per heavy atom. The van der Waals surface area contributed by atoms with Crippen molar-refractivity contribution in [3.63, 3.8) is 0 Å². The van der Waals surface area contributed by atoms with Crippen LogP contribution < -0.4 is 5.32 Å². The molecule has 3 nitrogen and oxygen atoms in total. The van der Waals surface area contributed by atoms with E-state index in [0.29, 0.717) is 6.04 Å². The molecule has 1 aliphatic rings. The van der Waals surface area contributed by atoms with E-state index < -0.39 is 0 Å². The van der Waals surface area contributed by atoms with E-state index in [0.717, 1.165) is 24.3 Å². The molecule has 1 saturated carbocycles. The van der Waals surface area contributed by atoms with Gasteiger partial charge in [0.25, 0.3) is 0 Å². The highest BCUT2D eigenvalue weighted by atomic mass is 15.1. The molecule has 1 aromatic rings. The van der Waals surface area contributed by atoms with Crippen molar-refractivity contribution in [3.05, 3.63) is 18.2 Å². The molecule has 1 aliphatic carbocycles. The number of rotatable bonds is 5. The Labute approximate surface area is 117 Å². The van der Waals surface area contributed by atoms with Gasteiger partial charge in [0, 0.05) is 19.4 Å². The molecule has 0 saturated heterocycles. The topological polar surface area (TPSA) is 29.9 Å². The summed E-state index contributed by atoms with van der Waals surface area (Å²) in [5.74, 6) is 3.72. The van der Waals surface area contributed by atoms with Crippen molar-refractivity contribution >= 4 is 0 Å². The predicted octanol–water partition coefficient (Wildman–Crippen LogP) is 3.53. The van der Waals surface area contributed by atoms with Gasteiger partial charge in [-0.05, 0) is 50.0 Å². The monoisotopic (exact) mass is 263 g/mol. The smallest absolute Gasteiger partial charge is 0.125 e. The average Bonchev–Trinajstić information content (AvgIpc) is 2.82. The van der Waals surface area contributed by atoms with Crippen LogP contribution in [0, 0.1) is 17.8 Å². The maximum absolute atomic E-state index is 4.56. The van der Waals surface area contributed by atoms with Crippen LogP contribution in [0.3, 0.4) is 0 Å². The molecule has 1 N–H and O–H groups in total. The van der Waals surface area contributed by atoms with E-state index in [4.69, 9.17) is 0 Å². The van der Waals surface area contributed by atoms with Crippen LogP contribution in [0.4, 0.5) is 0 Å². The second kappa shape index (κ2) is 6.56. The van der Waals surface area contributed by atoms with Gasteiger partial charge in [0.15, 0.2) is 0 Å². The van der Waals surface area contributed by atoms with E-state index in [-0.39, 0.29) is 0 Å². The first kappa shape index (κ1) is 14.6. The Hall–Kier alpha value is -0.830. The van der Waals surface area contributed by atoms with Crippen molar-refractivity contribution in [2.75, 3.05) is 6.54 Å². The van der Waals surface area contributed by atoms with Gasteiger partial charge in [-0.2, -0.15) is 0 Å². The van der Waals surface area contributed by atoms with Gasteiger partial charge in [0.1, 0.15) is 5.82 Å². The fraction of sp³-hybridized carbons (Fsp3) is 0.812. The van der Waals surface area contributed by atoms with Crippen molar-refractivity contribution < 1.29 is 0 Å². The molecule has 0 radical (unpaired) electrons. The Morgan fingerprint density at radius 1 is 1.26 bits per heavy atom. The summed E-state index contributed by atoms with van der Waals surface area (Å²) in [7, 11) is 2.10. The van der Waals surface area contributed by atoms with Crippen LogP contribution >= 0.6 is 0 Å². The third-order valence-electron chi connectivity index (χ3n) is 4.79. The van der Waals surface area contributed by atoms with Crippen molar-refractivity contribution in [2.24, 2.45) is 24.8 Å². The van der Waals surface area contributed by atoms with Crippen LogP contribution in [0.25, 0.3) is 0 Å². The minimum Gasteiger partial charge on any atom is -0.337 e. The number of hydrogen-bond acceptors (Lipinski definition) is 2. The molecule has 1 atom stereocenters. The van der Waals surface area contributed by atoms with Crippen molar-refractivity contribution in [1.29, 1.82) is 0 Å². The summed E-state index contributed by atoms with van der Waals surface area (Å²) in [6.45, 7) is 7.94. The van der Waals surface area contributed by atoms with E-state index in [1.54, 1.807) is 0 Å². The van der Waals surface area contributed by atoms with Gasteiger partial charge in [0.2, 0.25) is 0 Å². The van der Waals surface area contributed by atoms with Crippen molar-refractivity contribution in [1.82, 2.24) is 14.9 Å². The molecular weight excluding hydrogens is 234 g/mol. The molecule has 1 aromatic heterocycles. The Morgan fingerprint density at radius 2 is 1.89 bits per heavy atom. The van der Waals surface area contributed by atoms with E-state index >= 15 is 0 Å². The predicted molar refractivity (Wildman–Crippen MR) is 79.9 cm³/mol. The Kier molecular flexibility index (Phi) is 5.03. The number of imidazole rings is 1. The lowest BCUT2D eigenvalue weighted by Gasteiger charge is -2.35. The number of aromatic nitrogens is 2. The highest BCUT2D eigenvalue weighted by Crippen LogP contribution is 2.38. The summed E-state index contributed by atoms with van der Waals surface area (Å²) in [5.41, 5.74) is 0. The molecule has 1 heterocycles. The summed E-state index contributed by atoms with van der Waals surface area (Å²) in [6.07, 6.45) is 9.42. The summed E-state index contributed by atoms with van der Waals surface area (Å²) in [5, 5.41) is 3.66. The number of nitrogens with zero attached hydrogens (tertiary/aromatic N) is 2. The van der Waals surface area contributed by atoms with Crippen LogP contribution in [0.1, 0.15) is 58.3 Å². The first-order valence-corrected chi connectivity index (χ1v) is 7.84. The fourth-order valence-corrected chi connectivity index (χ4v) is 3.51. The highest BCUT2D eigenvalue weighted by Gasteiger charge is 2.30. The summed E-state index contributed by atoms with van der Waals surface area (Å²) in [6, 6.07) is 0.429. The van der Waals surface area contributed by atoms with Crippen LogP contribution in [-0.4, -0.2) is 16.1 Å². The SMILES string of the molecule is CCNC(c1nccn1C)C1CCC(C(C)C)CC1. The number of aryl methyl sites for hydroxylation is 1. The van der Waals surface area contributed by atoms with Crippen LogP contribution in [-0.2, 0) is 7.05 Å². The maximum Gasteiger partial charge on any atom is 0.125 e. The lowest BCUT2D eigenvalue weighted by Crippen LogP contribution is -2.33. The summed E-state index contributed by atoms with van der Waals surface area (Å²) in [4.78, 5) is 4.56. The molecule has 19 heavy (non-hydrogen) atoms. The molecule has 0 bridgehead atoms. The molecule has 1 unspecified atom stereocenters. The lowest BCUT2D eigenvalue weighted by atomic mass is 9.74. The Balaban J connectivity index is 2.03. The zero-order chi connectivity index (χ0) is 13.8. The third kappa shape index (κ3) is 3.38. The quantitative estimate of drug-likeness (QED) is 0.880. The van der Waals surface area contributed by atoms with Gasteiger partial charge in [-0.1, -0.05) is 20.8 Å². The van der Waals surface area contributed by atoms with Gasteiger partial charge in [-0.3, -0.25) is 0 Å². The lowest BCUT2D eigenvalue weighted by molar-refractivity contribution is 0.185. The molecule has 0 amide bonds. The van der Waals surface area contributed by atoms with E-state index in [9.17, 15) is 0 Å². The standard InChI is InChI=1S/C16H29N3/c1-5-17-15(16-18-10-11-19(16)4)14-8-6-13(7-9-14)12(2)3/h10-15,17H,5-9H2,1-4H3. The van der Waals surface area contributed by atoms with Crippen molar-refractivity contribution in [3.8, 4) is 0 Å². The fourth-order valence-electron chi connectivity index (χ4n) is 3.51. The third-order valence-corrected chi connectivity index (χ3v) is 4.79. The van der Waals surface area contributed by atoms with E-state index in [2.05, 4.69) is 48.9 Å². The minimum absolute atomic E-state index is 0.429. The molecule has 0 aliphatic heterocycles. The van der Waals surface area contributed by atoms with Crippen LogP contribution in [0.5, 0.6) is 0 Å². The molecule has 108 valence electrons. The number of hydrogen-bond donors (Lipinski definition) is 1. The highest BCUT2D eigenvalue weighted by molar-refractivity contribution is 5.02. The average molecular weight is 263 g/mol. The number of nitrogens with one attached hydrogen (secondary N) is 1. The van der Waals surface area contributed by atoms with Gasteiger partial charge < -0.3 is 9.88 Å². The zero-order valence-electron chi connectivity index (χ0n) is 12.9. The summed E-state index contributed by atoms with van der Waals surface area (Å²) >= 11 is 0. The van der Waals surface area contributed by atoms with Gasteiger partial charge >= 0.3 is 0 Å². The largest absolute Gasteiger partial charge is 0.337 e. The van der Waals surface area contributed by atoms with Gasteiger partial charge in [0.05, 0.1) is 6.04 Å². The normalized spacial score (nSPS) is 25.7. The maximum atomic E-state index is 4.56. The van der Waals surface area contributed by atoms with E-state index in [1.165, 1.54) is 31.5 Å². The molecule has 3 heteroatoms. The Bertz CT molecular complexity index is 375. The summed E-state index contributed by atoms with van der Waals surface area (Å²) < 4.78 is 2.17. The van der Waals surface area contributed by atoms with E-state index in [1.807, 2.05) is 6.20 Å². The molecule has 1 fully saturated rings. The minimum atomic E-state index is 0.429. The van der Waals surface area contributed by atoms with Gasteiger partial charge in [-0.15, -0.1) is 0 Å². The first-order chi connectivity index (χ1) is 9.13. The molecule has 0 aromatic carbocycles. The second-order valence-corrected chi connectivity index (χ2v) is 6.35. The van der Waals surface area contributed by atoms with Crippen LogP contribution in [0.2, 0.25) is 0 Å². The first-order valence-electron chi connectivity index (χ1n) is 7.84. The molecular formula is C16H29N3. The second-order valence-electron chi connectivity index (χ2n) is 6.35. The van der Waals surface area contributed by atoms with Crippen LogP contribution in [0.15, 0.2) is 12.4 Å². The van der Waals surface area contributed by atoms with Crippen molar-refractivity contribution in [2.45, 2.75) is 52.5 Å². The van der Waals surface area contributed by atoms with Gasteiger partial charge in [-0.25, -0.2) is 4.98 Å². The molecule has 0 spiro atoms. The zero-order valence-corrected chi connectivity index (χ0v) is 12.9. The molecule has 2 rings (SSSR count).